The molecule has 1 aromatic carbocycles. The van der Waals surface area contributed by atoms with E-state index in [0.717, 1.165) is 12.1 Å². The molecule has 0 fully saturated rings. The molecule has 0 aliphatic heterocycles. The molecule has 1 amide bonds. The minimum Gasteiger partial charge on any atom is -0.349 e. The van der Waals surface area contributed by atoms with Crippen molar-refractivity contribution in [2.24, 2.45) is 0 Å². The maximum absolute atomic E-state index is 11.9. The highest BCUT2D eigenvalue weighted by Gasteiger charge is 2.11. The number of amides is 1. The van der Waals surface area contributed by atoms with Gasteiger partial charge in [0.2, 0.25) is 0 Å². The van der Waals surface area contributed by atoms with Crippen molar-refractivity contribution in [1.82, 2.24) is 15.1 Å². The van der Waals surface area contributed by atoms with Gasteiger partial charge < -0.3 is 5.32 Å². The molecule has 0 bridgehead atoms. The molecule has 1 aromatic heterocycles. The van der Waals surface area contributed by atoms with E-state index < -0.39 is 0 Å². The van der Waals surface area contributed by atoms with Crippen LogP contribution >= 0.6 is 11.6 Å². The topological polar surface area (TPSA) is 46.9 Å². The van der Waals surface area contributed by atoms with Crippen LogP contribution < -0.4 is 5.32 Å². The standard InChI is InChI=1S/C14H16ClN3O/c1-3-10(2)17-14(19)11-8-16-18(9-11)13-6-4-12(15)5-7-13/h4-10H,3H2,1-2H3,(H,17,19). The Balaban J connectivity index is 2.15. The van der Waals surface area contributed by atoms with Crippen LogP contribution in [0.4, 0.5) is 0 Å². The number of aromatic nitrogens is 2. The number of nitrogens with zero attached hydrogens (tertiary/aromatic N) is 2. The summed E-state index contributed by atoms with van der Waals surface area (Å²) in [5.41, 5.74) is 1.42. The van der Waals surface area contributed by atoms with Crippen molar-refractivity contribution in [1.29, 1.82) is 0 Å². The van der Waals surface area contributed by atoms with Gasteiger partial charge in [-0.2, -0.15) is 5.10 Å². The van der Waals surface area contributed by atoms with Crippen LogP contribution in [0.2, 0.25) is 5.02 Å². The summed E-state index contributed by atoms with van der Waals surface area (Å²) in [4.78, 5) is 11.9. The van der Waals surface area contributed by atoms with Gasteiger partial charge >= 0.3 is 0 Å². The van der Waals surface area contributed by atoms with Gasteiger partial charge in [-0.15, -0.1) is 0 Å². The summed E-state index contributed by atoms with van der Waals surface area (Å²) < 4.78 is 1.65. The molecule has 100 valence electrons. The van der Waals surface area contributed by atoms with Gasteiger partial charge in [0.15, 0.2) is 0 Å². The number of nitrogens with one attached hydrogen (secondary N) is 1. The first kappa shape index (κ1) is 13.6. The Morgan fingerprint density at radius 3 is 2.74 bits per heavy atom. The predicted molar refractivity (Wildman–Crippen MR) is 75.8 cm³/mol. The SMILES string of the molecule is CCC(C)NC(=O)c1cnn(-c2ccc(Cl)cc2)c1. The average Bonchev–Trinajstić information content (AvgIpc) is 2.89. The van der Waals surface area contributed by atoms with Crippen LogP contribution in [0.15, 0.2) is 36.7 Å². The van der Waals surface area contributed by atoms with E-state index in [9.17, 15) is 4.79 Å². The lowest BCUT2D eigenvalue weighted by atomic mass is 10.2. The van der Waals surface area contributed by atoms with Crippen LogP contribution in [0, 0.1) is 0 Å². The molecule has 19 heavy (non-hydrogen) atoms. The van der Waals surface area contributed by atoms with Crippen molar-refractivity contribution in [2.45, 2.75) is 26.3 Å². The van der Waals surface area contributed by atoms with Gasteiger partial charge in [-0.05, 0) is 37.6 Å². The minimum atomic E-state index is -0.102. The lowest BCUT2D eigenvalue weighted by Gasteiger charge is -2.09. The molecule has 1 unspecified atom stereocenters. The third-order valence-corrected chi connectivity index (χ3v) is 3.18. The molecular formula is C14H16ClN3O. The van der Waals surface area contributed by atoms with Crippen molar-refractivity contribution in [3.05, 3.63) is 47.2 Å². The van der Waals surface area contributed by atoms with E-state index >= 15 is 0 Å². The zero-order chi connectivity index (χ0) is 13.8. The Hall–Kier alpha value is -1.81. The van der Waals surface area contributed by atoms with Gasteiger partial charge in [0.05, 0.1) is 17.4 Å². The first-order valence-electron chi connectivity index (χ1n) is 6.21. The molecular weight excluding hydrogens is 262 g/mol. The third kappa shape index (κ3) is 3.35. The number of rotatable bonds is 4. The van der Waals surface area contributed by atoms with Crippen LogP contribution in [0.25, 0.3) is 5.69 Å². The van der Waals surface area contributed by atoms with Crippen LogP contribution in [0.5, 0.6) is 0 Å². The van der Waals surface area contributed by atoms with E-state index in [1.54, 1.807) is 29.2 Å². The largest absolute Gasteiger partial charge is 0.349 e. The molecule has 5 heteroatoms. The lowest BCUT2D eigenvalue weighted by Crippen LogP contribution is -2.31. The van der Waals surface area contributed by atoms with Crippen LogP contribution in [0.1, 0.15) is 30.6 Å². The molecule has 2 rings (SSSR count). The van der Waals surface area contributed by atoms with E-state index in [1.165, 1.54) is 0 Å². The quantitative estimate of drug-likeness (QED) is 0.934. The first-order valence-corrected chi connectivity index (χ1v) is 6.59. The van der Waals surface area contributed by atoms with Gasteiger partial charge in [-0.1, -0.05) is 18.5 Å². The third-order valence-electron chi connectivity index (χ3n) is 2.93. The number of hydrogen-bond donors (Lipinski definition) is 1. The van der Waals surface area contributed by atoms with Crippen molar-refractivity contribution >= 4 is 17.5 Å². The number of carbonyl (C=O) groups is 1. The van der Waals surface area contributed by atoms with Crippen molar-refractivity contribution in [3.63, 3.8) is 0 Å². The summed E-state index contributed by atoms with van der Waals surface area (Å²) in [5, 5.41) is 7.76. The fourth-order valence-corrected chi connectivity index (χ4v) is 1.71. The second kappa shape index (κ2) is 5.89. The highest BCUT2D eigenvalue weighted by atomic mass is 35.5. The van der Waals surface area contributed by atoms with E-state index in [-0.39, 0.29) is 11.9 Å². The Morgan fingerprint density at radius 2 is 2.11 bits per heavy atom. The Bertz CT molecular complexity index is 562. The van der Waals surface area contributed by atoms with Crippen molar-refractivity contribution < 1.29 is 4.79 Å². The fraction of sp³-hybridized carbons (Fsp3) is 0.286. The Labute approximate surface area is 117 Å². The van der Waals surface area contributed by atoms with Crippen molar-refractivity contribution in [3.8, 4) is 5.69 Å². The number of halogens is 1. The summed E-state index contributed by atoms with van der Waals surface area (Å²) in [6.07, 6.45) is 4.17. The van der Waals surface area contributed by atoms with Gasteiger partial charge in [-0.25, -0.2) is 4.68 Å². The monoisotopic (exact) mass is 277 g/mol. The second-order valence-electron chi connectivity index (χ2n) is 4.43. The molecule has 1 heterocycles. The van der Waals surface area contributed by atoms with Gasteiger partial charge in [0.1, 0.15) is 0 Å². The zero-order valence-corrected chi connectivity index (χ0v) is 11.7. The Morgan fingerprint density at radius 1 is 1.42 bits per heavy atom. The average molecular weight is 278 g/mol. The maximum Gasteiger partial charge on any atom is 0.254 e. The molecule has 0 aliphatic rings. The highest BCUT2D eigenvalue weighted by Crippen LogP contribution is 2.13. The molecule has 0 radical (unpaired) electrons. The molecule has 0 saturated carbocycles. The first-order chi connectivity index (χ1) is 9.10. The van der Waals surface area contributed by atoms with Crippen LogP contribution in [-0.2, 0) is 0 Å². The molecule has 2 aromatic rings. The number of carbonyl (C=O) groups excluding carboxylic acids is 1. The number of hydrogen-bond acceptors (Lipinski definition) is 2. The summed E-state index contributed by atoms with van der Waals surface area (Å²) in [5.74, 6) is -0.102. The fourth-order valence-electron chi connectivity index (χ4n) is 1.58. The van der Waals surface area contributed by atoms with Gasteiger partial charge in [-0.3, -0.25) is 4.79 Å². The molecule has 0 aliphatic carbocycles. The lowest BCUT2D eigenvalue weighted by molar-refractivity contribution is 0.0939. The molecule has 0 spiro atoms. The normalized spacial score (nSPS) is 12.2. The number of benzene rings is 1. The molecule has 0 saturated heterocycles. The summed E-state index contributed by atoms with van der Waals surface area (Å²) >= 11 is 5.83. The summed E-state index contributed by atoms with van der Waals surface area (Å²) in [6, 6.07) is 7.44. The molecule has 1 atom stereocenters. The smallest absolute Gasteiger partial charge is 0.254 e. The maximum atomic E-state index is 11.9. The second-order valence-corrected chi connectivity index (χ2v) is 4.87. The van der Waals surface area contributed by atoms with E-state index in [4.69, 9.17) is 11.6 Å². The van der Waals surface area contributed by atoms with E-state index in [0.29, 0.717) is 10.6 Å². The van der Waals surface area contributed by atoms with E-state index in [1.807, 2.05) is 26.0 Å². The minimum absolute atomic E-state index is 0.102. The summed E-state index contributed by atoms with van der Waals surface area (Å²) in [7, 11) is 0. The predicted octanol–water partition coefficient (Wildman–Crippen LogP) is 3.05. The highest BCUT2D eigenvalue weighted by molar-refractivity contribution is 6.30. The zero-order valence-electron chi connectivity index (χ0n) is 10.9. The van der Waals surface area contributed by atoms with Gasteiger partial charge in [0.25, 0.3) is 5.91 Å². The van der Waals surface area contributed by atoms with Crippen LogP contribution in [-0.4, -0.2) is 21.7 Å². The van der Waals surface area contributed by atoms with Crippen LogP contribution in [0.3, 0.4) is 0 Å². The Kier molecular flexibility index (Phi) is 4.22. The van der Waals surface area contributed by atoms with Crippen molar-refractivity contribution in [2.75, 3.05) is 0 Å². The molecule has 1 N–H and O–H groups in total. The summed E-state index contributed by atoms with van der Waals surface area (Å²) in [6.45, 7) is 4.00. The van der Waals surface area contributed by atoms with E-state index in [2.05, 4.69) is 10.4 Å². The molecule has 4 nitrogen and oxygen atoms in total. The van der Waals surface area contributed by atoms with Gasteiger partial charge in [0, 0.05) is 17.3 Å².